The number of carbonyl (C=O) groups is 2. The van der Waals surface area contributed by atoms with E-state index in [9.17, 15) is 9.59 Å². The molecule has 2 N–H and O–H groups in total. The van der Waals surface area contributed by atoms with Crippen molar-refractivity contribution in [2.75, 3.05) is 0 Å². The number of amides is 1. The van der Waals surface area contributed by atoms with Crippen LogP contribution in [0.4, 0.5) is 0 Å². The van der Waals surface area contributed by atoms with E-state index in [4.69, 9.17) is 5.21 Å². The van der Waals surface area contributed by atoms with Crippen LogP contribution in [0.3, 0.4) is 0 Å². The van der Waals surface area contributed by atoms with Crippen LogP contribution in [0.1, 0.15) is 43.4 Å². The van der Waals surface area contributed by atoms with Gasteiger partial charge in [-0.1, -0.05) is 18.9 Å². The zero-order valence-electron chi connectivity index (χ0n) is 10.8. The molecular formula is C14H19NO3S. The lowest BCUT2D eigenvalue weighted by atomic mass is 10.1. The quantitative estimate of drug-likeness (QED) is 0.316. The van der Waals surface area contributed by atoms with Crippen molar-refractivity contribution >= 4 is 29.1 Å². The maximum atomic E-state index is 11.5. The second kappa shape index (κ2) is 9.47. The molecule has 1 aromatic rings. The van der Waals surface area contributed by atoms with Gasteiger partial charge in [-0.15, -0.1) is 11.3 Å². The summed E-state index contributed by atoms with van der Waals surface area (Å²) in [5.74, 6) is -0.212. The number of hydrogen-bond donors (Lipinski definition) is 2. The molecule has 1 aromatic heterocycles. The summed E-state index contributed by atoms with van der Waals surface area (Å²) in [4.78, 5) is 23.4. The second-order valence-corrected chi connectivity index (χ2v) is 5.24. The van der Waals surface area contributed by atoms with Crippen LogP contribution in [-0.2, 0) is 9.59 Å². The molecule has 0 radical (unpaired) electrons. The minimum atomic E-state index is -0.352. The Morgan fingerprint density at radius 2 is 1.95 bits per heavy atom. The van der Waals surface area contributed by atoms with Gasteiger partial charge in [0.1, 0.15) is 0 Å². The molecule has 19 heavy (non-hydrogen) atoms. The van der Waals surface area contributed by atoms with Gasteiger partial charge in [0.25, 0.3) is 0 Å². The van der Waals surface area contributed by atoms with Crippen molar-refractivity contribution in [1.29, 1.82) is 0 Å². The molecule has 0 aliphatic carbocycles. The first-order chi connectivity index (χ1) is 9.22. The molecule has 0 aliphatic rings. The number of carbonyl (C=O) groups excluding carboxylic acids is 2. The van der Waals surface area contributed by atoms with Gasteiger partial charge in [0.15, 0.2) is 5.78 Å². The SMILES string of the molecule is O=C(/C=C/c1cccs1)CCCCCCC(=O)NO. The Morgan fingerprint density at radius 3 is 2.58 bits per heavy atom. The number of rotatable bonds is 9. The van der Waals surface area contributed by atoms with E-state index in [2.05, 4.69) is 0 Å². The van der Waals surface area contributed by atoms with Gasteiger partial charge in [0, 0.05) is 17.7 Å². The Hall–Kier alpha value is -1.46. The van der Waals surface area contributed by atoms with E-state index >= 15 is 0 Å². The first-order valence-electron chi connectivity index (χ1n) is 6.39. The molecule has 5 heteroatoms. The van der Waals surface area contributed by atoms with Crippen LogP contribution in [0.2, 0.25) is 0 Å². The Bertz CT molecular complexity index is 412. The third-order valence-electron chi connectivity index (χ3n) is 2.68. The van der Waals surface area contributed by atoms with Crippen LogP contribution >= 0.6 is 11.3 Å². The molecule has 0 fully saturated rings. The highest BCUT2D eigenvalue weighted by atomic mass is 32.1. The molecule has 1 heterocycles. The van der Waals surface area contributed by atoms with Crippen molar-refractivity contribution < 1.29 is 14.8 Å². The molecule has 0 aliphatic heterocycles. The summed E-state index contributed by atoms with van der Waals surface area (Å²) in [5, 5.41) is 10.3. The number of nitrogens with one attached hydrogen (secondary N) is 1. The summed E-state index contributed by atoms with van der Waals surface area (Å²) in [6.07, 6.45) is 7.77. The van der Waals surface area contributed by atoms with Gasteiger partial charge in [-0.2, -0.15) is 0 Å². The van der Waals surface area contributed by atoms with Gasteiger partial charge < -0.3 is 0 Å². The maximum Gasteiger partial charge on any atom is 0.243 e. The van der Waals surface area contributed by atoms with Gasteiger partial charge in [-0.05, 0) is 36.4 Å². The first-order valence-corrected chi connectivity index (χ1v) is 7.27. The fraction of sp³-hybridized carbons (Fsp3) is 0.429. The average Bonchev–Trinajstić information content (AvgIpc) is 2.93. The average molecular weight is 281 g/mol. The van der Waals surface area contributed by atoms with Crippen molar-refractivity contribution in [2.45, 2.75) is 38.5 Å². The zero-order chi connectivity index (χ0) is 13.9. The largest absolute Gasteiger partial charge is 0.295 e. The Labute approximate surface area is 117 Å². The fourth-order valence-corrected chi connectivity index (χ4v) is 2.26. The molecule has 0 aromatic carbocycles. The van der Waals surface area contributed by atoms with Gasteiger partial charge in [-0.25, -0.2) is 5.48 Å². The van der Waals surface area contributed by atoms with Crippen molar-refractivity contribution in [3.63, 3.8) is 0 Å². The molecule has 0 atom stereocenters. The Morgan fingerprint density at radius 1 is 1.21 bits per heavy atom. The van der Waals surface area contributed by atoms with Crippen molar-refractivity contribution in [3.8, 4) is 0 Å². The smallest absolute Gasteiger partial charge is 0.243 e. The van der Waals surface area contributed by atoms with E-state index in [1.165, 1.54) is 0 Å². The number of ketones is 1. The molecule has 0 saturated heterocycles. The summed E-state index contributed by atoms with van der Waals surface area (Å²) < 4.78 is 0. The lowest BCUT2D eigenvalue weighted by Crippen LogP contribution is -2.17. The molecule has 104 valence electrons. The lowest BCUT2D eigenvalue weighted by molar-refractivity contribution is -0.129. The number of hydroxylamine groups is 1. The summed E-state index contributed by atoms with van der Waals surface area (Å²) in [7, 11) is 0. The molecule has 0 bridgehead atoms. The summed E-state index contributed by atoms with van der Waals surface area (Å²) in [6.45, 7) is 0. The molecular weight excluding hydrogens is 262 g/mol. The number of thiophene rings is 1. The highest BCUT2D eigenvalue weighted by Gasteiger charge is 2.00. The number of hydrogen-bond acceptors (Lipinski definition) is 4. The van der Waals surface area contributed by atoms with E-state index < -0.39 is 0 Å². The first kappa shape index (κ1) is 15.6. The van der Waals surface area contributed by atoms with Crippen molar-refractivity contribution in [2.24, 2.45) is 0 Å². The van der Waals surface area contributed by atoms with E-state index in [1.807, 2.05) is 23.6 Å². The Kier molecular flexibility index (Phi) is 7.77. The number of unbranched alkanes of at least 4 members (excludes halogenated alkanes) is 3. The highest BCUT2D eigenvalue weighted by Crippen LogP contribution is 2.11. The third-order valence-corrected chi connectivity index (χ3v) is 3.52. The second-order valence-electron chi connectivity index (χ2n) is 4.26. The predicted octanol–water partition coefficient (Wildman–Crippen LogP) is 3.18. The summed E-state index contributed by atoms with van der Waals surface area (Å²) >= 11 is 1.61. The third kappa shape index (κ3) is 7.54. The van der Waals surface area contributed by atoms with Crippen molar-refractivity contribution in [1.82, 2.24) is 5.48 Å². The van der Waals surface area contributed by atoms with Crippen molar-refractivity contribution in [3.05, 3.63) is 28.5 Å². The zero-order valence-corrected chi connectivity index (χ0v) is 11.6. The van der Waals surface area contributed by atoms with Crippen LogP contribution in [0.15, 0.2) is 23.6 Å². The molecule has 0 unspecified atom stereocenters. The predicted molar refractivity (Wildman–Crippen MR) is 76.0 cm³/mol. The standard InChI is InChI=1S/C14H19NO3S/c16-12(9-10-13-7-5-11-19-13)6-3-1-2-4-8-14(17)15-18/h5,7,9-11,18H,1-4,6,8H2,(H,15,17)/b10-9+. The normalized spacial score (nSPS) is 10.8. The fourth-order valence-electron chi connectivity index (χ4n) is 1.64. The summed E-state index contributed by atoms with van der Waals surface area (Å²) in [6, 6.07) is 3.93. The van der Waals surface area contributed by atoms with Gasteiger partial charge in [0.2, 0.25) is 5.91 Å². The Balaban J connectivity index is 2.03. The minimum absolute atomic E-state index is 0.140. The van der Waals surface area contributed by atoms with Crippen LogP contribution < -0.4 is 5.48 Å². The van der Waals surface area contributed by atoms with E-state index in [1.54, 1.807) is 22.9 Å². The van der Waals surface area contributed by atoms with Crippen LogP contribution in [-0.4, -0.2) is 16.9 Å². The van der Waals surface area contributed by atoms with Gasteiger partial charge in [-0.3, -0.25) is 14.8 Å². The van der Waals surface area contributed by atoms with E-state index in [0.29, 0.717) is 12.8 Å². The summed E-state index contributed by atoms with van der Waals surface area (Å²) in [5.41, 5.74) is 1.60. The molecule has 1 rings (SSSR count). The van der Waals surface area contributed by atoms with Gasteiger partial charge >= 0.3 is 0 Å². The molecule has 0 saturated carbocycles. The van der Waals surface area contributed by atoms with Crippen LogP contribution in [0.25, 0.3) is 6.08 Å². The maximum absolute atomic E-state index is 11.5. The number of allylic oxidation sites excluding steroid dienone is 1. The van der Waals surface area contributed by atoms with E-state index in [-0.39, 0.29) is 11.7 Å². The molecule has 4 nitrogen and oxygen atoms in total. The molecule has 1 amide bonds. The monoisotopic (exact) mass is 281 g/mol. The van der Waals surface area contributed by atoms with Crippen LogP contribution in [0, 0.1) is 0 Å². The molecule has 0 spiro atoms. The lowest BCUT2D eigenvalue weighted by Gasteiger charge is -1.99. The van der Waals surface area contributed by atoms with Crippen LogP contribution in [0.5, 0.6) is 0 Å². The minimum Gasteiger partial charge on any atom is -0.295 e. The highest BCUT2D eigenvalue weighted by molar-refractivity contribution is 7.10. The topological polar surface area (TPSA) is 66.4 Å². The van der Waals surface area contributed by atoms with E-state index in [0.717, 1.165) is 30.6 Å². The van der Waals surface area contributed by atoms with Gasteiger partial charge in [0.05, 0.1) is 0 Å².